The zero-order valence-corrected chi connectivity index (χ0v) is 19.1. The third-order valence-corrected chi connectivity index (χ3v) is 6.12. The number of carbonyl (C=O) groups is 2. The van der Waals surface area contributed by atoms with Crippen molar-refractivity contribution in [2.75, 3.05) is 11.7 Å². The van der Waals surface area contributed by atoms with Gasteiger partial charge in [-0.1, -0.05) is 32.9 Å². The lowest BCUT2D eigenvalue weighted by molar-refractivity contribution is -0.132. The lowest BCUT2D eigenvalue weighted by atomic mass is 9.87. The molecule has 34 heavy (non-hydrogen) atoms. The van der Waals surface area contributed by atoms with Crippen molar-refractivity contribution in [3.05, 3.63) is 89.3 Å². The van der Waals surface area contributed by atoms with Crippen LogP contribution in [0.15, 0.2) is 72.6 Å². The highest BCUT2D eigenvalue weighted by Crippen LogP contribution is 2.43. The van der Waals surface area contributed by atoms with Crippen molar-refractivity contribution in [3.63, 3.8) is 0 Å². The van der Waals surface area contributed by atoms with Gasteiger partial charge in [0.2, 0.25) is 6.79 Å². The van der Waals surface area contributed by atoms with E-state index in [1.165, 1.54) is 4.90 Å². The second kappa shape index (κ2) is 8.02. The summed E-state index contributed by atoms with van der Waals surface area (Å²) in [5, 5.41) is 11.3. The Kier molecular flexibility index (Phi) is 5.12. The summed E-state index contributed by atoms with van der Waals surface area (Å²) in [7, 11) is 0. The Bertz CT molecular complexity index is 1310. The van der Waals surface area contributed by atoms with Crippen LogP contribution in [-0.2, 0) is 15.0 Å². The molecule has 2 aromatic carbocycles. The maximum absolute atomic E-state index is 13.3. The predicted molar refractivity (Wildman–Crippen MR) is 127 cm³/mol. The molecule has 0 bridgehead atoms. The fraction of sp³-hybridized carbons (Fsp3) is 0.222. The zero-order chi connectivity index (χ0) is 24.0. The van der Waals surface area contributed by atoms with Gasteiger partial charge in [-0.05, 0) is 59.0 Å². The lowest BCUT2D eigenvalue weighted by Gasteiger charge is -2.26. The van der Waals surface area contributed by atoms with Gasteiger partial charge in [-0.2, -0.15) is 0 Å². The zero-order valence-electron chi connectivity index (χ0n) is 19.1. The summed E-state index contributed by atoms with van der Waals surface area (Å²) in [4.78, 5) is 32.0. The summed E-state index contributed by atoms with van der Waals surface area (Å²) in [6.45, 7) is 6.41. The molecule has 0 aliphatic carbocycles. The lowest BCUT2D eigenvalue weighted by Crippen LogP contribution is -2.29. The number of carbonyl (C=O) groups excluding carboxylic acids is 2. The van der Waals surface area contributed by atoms with Gasteiger partial charge in [-0.15, -0.1) is 0 Å². The first-order valence-electron chi connectivity index (χ1n) is 11.0. The third-order valence-electron chi connectivity index (χ3n) is 6.12. The van der Waals surface area contributed by atoms with Crippen molar-refractivity contribution >= 4 is 23.1 Å². The van der Waals surface area contributed by atoms with Gasteiger partial charge in [0.1, 0.15) is 5.76 Å². The Morgan fingerprint density at radius 3 is 2.32 bits per heavy atom. The minimum atomic E-state index is -0.811. The second-order valence-electron chi connectivity index (χ2n) is 9.31. The molecule has 0 radical (unpaired) electrons. The molecule has 0 spiro atoms. The number of hydrogen-bond acceptors (Lipinski definition) is 6. The maximum Gasteiger partial charge on any atom is 0.300 e. The number of rotatable bonds is 3. The van der Waals surface area contributed by atoms with Crippen LogP contribution in [-0.4, -0.2) is 28.6 Å². The Balaban J connectivity index is 1.66. The molecule has 1 aromatic heterocycles. The number of aliphatic hydroxyl groups is 1. The smallest absolute Gasteiger partial charge is 0.300 e. The van der Waals surface area contributed by atoms with Crippen LogP contribution in [0.4, 0.5) is 5.69 Å². The molecule has 1 atom stereocenters. The van der Waals surface area contributed by atoms with Gasteiger partial charge in [-0.3, -0.25) is 19.5 Å². The number of aliphatic hydroxyl groups excluding tert-OH is 1. The van der Waals surface area contributed by atoms with Gasteiger partial charge in [0, 0.05) is 23.6 Å². The van der Waals surface area contributed by atoms with Crippen molar-refractivity contribution in [3.8, 4) is 11.5 Å². The number of ketones is 1. The van der Waals surface area contributed by atoms with E-state index in [2.05, 4.69) is 25.8 Å². The molecule has 2 aliphatic rings. The van der Waals surface area contributed by atoms with E-state index in [1.54, 1.807) is 42.7 Å². The van der Waals surface area contributed by atoms with Gasteiger partial charge in [0.25, 0.3) is 11.7 Å². The van der Waals surface area contributed by atoms with E-state index >= 15 is 0 Å². The third kappa shape index (κ3) is 3.59. The van der Waals surface area contributed by atoms with Crippen molar-refractivity contribution in [1.29, 1.82) is 0 Å². The molecule has 1 saturated heterocycles. The summed E-state index contributed by atoms with van der Waals surface area (Å²) in [5.74, 6) is -0.699. The highest BCUT2D eigenvalue weighted by Gasteiger charge is 2.47. The number of anilines is 1. The van der Waals surface area contributed by atoms with E-state index in [0.717, 1.165) is 5.56 Å². The fourth-order valence-corrected chi connectivity index (χ4v) is 4.28. The van der Waals surface area contributed by atoms with Gasteiger partial charge < -0.3 is 14.6 Å². The van der Waals surface area contributed by atoms with Crippen molar-refractivity contribution in [2.45, 2.75) is 32.2 Å². The summed E-state index contributed by atoms with van der Waals surface area (Å²) in [6, 6.07) is 15.1. The Hall–Kier alpha value is -4.13. The number of ether oxygens (including phenoxy) is 2. The van der Waals surface area contributed by atoms with E-state index in [0.29, 0.717) is 28.3 Å². The number of amides is 1. The molecule has 1 fully saturated rings. The van der Waals surface area contributed by atoms with Gasteiger partial charge in [-0.25, -0.2) is 0 Å². The van der Waals surface area contributed by atoms with Gasteiger partial charge in [0.05, 0.1) is 11.6 Å². The molecule has 7 nitrogen and oxygen atoms in total. The van der Waals surface area contributed by atoms with Crippen molar-refractivity contribution in [1.82, 2.24) is 4.98 Å². The minimum Gasteiger partial charge on any atom is -0.507 e. The first kappa shape index (κ1) is 21.7. The molecular weight excluding hydrogens is 432 g/mol. The molecule has 3 aromatic rings. The van der Waals surface area contributed by atoms with Crippen LogP contribution in [0.3, 0.4) is 0 Å². The molecule has 5 rings (SSSR count). The van der Waals surface area contributed by atoms with E-state index in [1.807, 2.05) is 24.3 Å². The van der Waals surface area contributed by atoms with Gasteiger partial charge >= 0.3 is 0 Å². The van der Waals surface area contributed by atoms with Crippen LogP contribution in [0.5, 0.6) is 11.5 Å². The summed E-state index contributed by atoms with van der Waals surface area (Å²) >= 11 is 0. The molecular formula is C27H24N2O5. The van der Waals surface area contributed by atoms with Crippen LogP contribution < -0.4 is 14.4 Å². The summed E-state index contributed by atoms with van der Waals surface area (Å²) in [6.07, 6.45) is 3.19. The van der Waals surface area contributed by atoms with Crippen molar-refractivity contribution < 1.29 is 24.2 Å². The van der Waals surface area contributed by atoms with Crippen molar-refractivity contribution in [2.24, 2.45) is 0 Å². The minimum absolute atomic E-state index is 0.00923. The van der Waals surface area contributed by atoms with E-state index in [-0.39, 0.29) is 23.5 Å². The van der Waals surface area contributed by atoms with Crippen LogP contribution in [0, 0.1) is 0 Å². The Morgan fingerprint density at radius 2 is 1.65 bits per heavy atom. The summed E-state index contributed by atoms with van der Waals surface area (Å²) < 4.78 is 10.8. The second-order valence-corrected chi connectivity index (χ2v) is 9.31. The number of benzene rings is 2. The van der Waals surface area contributed by atoms with Gasteiger partial charge in [0.15, 0.2) is 11.5 Å². The molecule has 172 valence electrons. The molecule has 2 aliphatic heterocycles. The molecule has 1 N–H and O–H groups in total. The van der Waals surface area contributed by atoms with E-state index in [4.69, 9.17) is 9.47 Å². The number of Topliss-reactive ketones (excluding diaryl/α,β-unsaturated/α-hetero) is 1. The van der Waals surface area contributed by atoms with Crippen LogP contribution >= 0.6 is 0 Å². The Morgan fingerprint density at radius 1 is 0.971 bits per heavy atom. The van der Waals surface area contributed by atoms with E-state index < -0.39 is 17.7 Å². The monoisotopic (exact) mass is 456 g/mol. The average Bonchev–Trinajstić information content (AvgIpc) is 3.41. The number of nitrogens with zero attached hydrogens (tertiary/aromatic N) is 2. The topological polar surface area (TPSA) is 89.0 Å². The SMILES string of the molecule is CC(C)(C)c1ccc(N2C(=O)C(=O)/C(=C(\O)c3ccc4c(c3)OCO4)C2c2ccncc2)cc1. The standard InChI is InChI=1S/C27H24N2O5/c1-27(2,3)18-5-7-19(8-6-18)29-23(16-10-12-28-13-11-16)22(25(31)26(29)32)24(30)17-4-9-20-21(14-17)34-15-33-20/h4-14,23,30H,15H2,1-3H3/b24-22-. The van der Waals surface area contributed by atoms with Crippen LogP contribution in [0.1, 0.15) is 43.5 Å². The predicted octanol–water partition coefficient (Wildman–Crippen LogP) is 4.73. The number of pyridine rings is 1. The van der Waals surface area contributed by atoms with E-state index in [9.17, 15) is 14.7 Å². The molecule has 3 heterocycles. The molecule has 0 saturated carbocycles. The number of hydrogen-bond donors (Lipinski definition) is 1. The molecule has 1 amide bonds. The first-order valence-corrected chi connectivity index (χ1v) is 11.0. The maximum atomic E-state index is 13.3. The quantitative estimate of drug-likeness (QED) is 0.348. The largest absolute Gasteiger partial charge is 0.507 e. The fourth-order valence-electron chi connectivity index (χ4n) is 4.28. The summed E-state index contributed by atoms with van der Waals surface area (Å²) in [5.41, 5.74) is 2.65. The first-order chi connectivity index (χ1) is 16.3. The average molecular weight is 456 g/mol. The Labute approximate surface area is 197 Å². The number of aromatic nitrogens is 1. The highest BCUT2D eigenvalue weighted by atomic mass is 16.7. The van der Waals surface area contributed by atoms with Crippen LogP contribution in [0.25, 0.3) is 5.76 Å². The highest BCUT2D eigenvalue weighted by molar-refractivity contribution is 6.51. The normalized spacial score (nSPS) is 19.0. The molecule has 7 heteroatoms. The van der Waals surface area contributed by atoms with Crippen LogP contribution in [0.2, 0.25) is 0 Å². The molecule has 1 unspecified atom stereocenters. The number of fused-ring (bicyclic) bond motifs is 1.